The number of primary amides is 1. The van der Waals surface area contributed by atoms with Crippen molar-refractivity contribution in [3.05, 3.63) is 100 Å². The molecule has 0 unspecified atom stereocenters. The number of hydrogen-bond donors (Lipinski definition) is 2. The Morgan fingerprint density at radius 3 is 2.37 bits per heavy atom. The number of nitrogens with zero attached hydrogens (tertiary/aromatic N) is 2. The Morgan fingerprint density at radius 2 is 1.70 bits per heavy atom. The van der Waals surface area contributed by atoms with E-state index in [1.807, 2.05) is 72.2 Å². The molecule has 0 aliphatic heterocycles. The number of aromatic nitrogens is 2. The molecule has 0 radical (unpaired) electrons. The first-order valence-corrected chi connectivity index (χ1v) is 9.45. The molecule has 2 aromatic heterocycles. The Kier molecular flexibility index (Phi) is 5.13. The standard InChI is InChI=1S/C24H20N4O2/c1-16-17(12-13-22(25)30)14-20-21(29)15-23(27-18-8-4-2-5-9-18)28(24(20)26-16)19-10-6-3-7-11-19/h2-15,27H,1H3,(H2,25,30)/b13-12+. The van der Waals surface area contributed by atoms with Gasteiger partial charge in [0, 0.05) is 29.2 Å². The number of rotatable bonds is 5. The lowest BCUT2D eigenvalue weighted by Gasteiger charge is -2.18. The number of anilines is 2. The van der Waals surface area contributed by atoms with E-state index in [0.29, 0.717) is 28.1 Å². The topological polar surface area (TPSA) is 90.0 Å². The van der Waals surface area contributed by atoms with Gasteiger partial charge in [0.15, 0.2) is 5.43 Å². The second-order valence-electron chi connectivity index (χ2n) is 6.83. The maximum absolute atomic E-state index is 13.0. The molecule has 0 bridgehead atoms. The summed E-state index contributed by atoms with van der Waals surface area (Å²) in [6, 6.07) is 22.7. The number of para-hydroxylation sites is 2. The first-order valence-electron chi connectivity index (χ1n) is 9.45. The Labute approximate surface area is 173 Å². The summed E-state index contributed by atoms with van der Waals surface area (Å²) in [6.07, 6.45) is 2.84. The van der Waals surface area contributed by atoms with E-state index in [9.17, 15) is 9.59 Å². The monoisotopic (exact) mass is 396 g/mol. The second-order valence-corrected chi connectivity index (χ2v) is 6.83. The van der Waals surface area contributed by atoms with Crippen LogP contribution in [0.2, 0.25) is 0 Å². The molecule has 148 valence electrons. The Morgan fingerprint density at radius 1 is 1.03 bits per heavy atom. The summed E-state index contributed by atoms with van der Waals surface area (Å²) in [7, 11) is 0. The number of pyridine rings is 2. The van der Waals surface area contributed by atoms with Gasteiger partial charge >= 0.3 is 0 Å². The smallest absolute Gasteiger partial charge is 0.241 e. The molecule has 0 saturated heterocycles. The van der Waals surface area contributed by atoms with E-state index in [1.165, 1.54) is 6.08 Å². The molecule has 3 N–H and O–H groups in total. The van der Waals surface area contributed by atoms with Crippen molar-refractivity contribution >= 4 is 34.5 Å². The zero-order chi connectivity index (χ0) is 21.1. The van der Waals surface area contributed by atoms with Gasteiger partial charge in [-0.2, -0.15) is 0 Å². The van der Waals surface area contributed by atoms with Crippen LogP contribution in [0.5, 0.6) is 0 Å². The number of nitrogens with one attached hydrogen (secondary N) is 1. The van der Waals surface area contributed by atoms with Gasteiger partial charge < -0.3 is 11.1 Å². The number of carbonyl (C=O) groups is 1. The highest BCUT2D eigenvalue weighted by Crippen LogP contribution is 2.25. The summed E-state index contributed by atoms with van der Waals surface area (Å²) < 4.78 is 1.91. The molecule has 0 aliphatic rings. The van der Waals surface area contributed by atoms with Gasteiger partial charge in [0.05, 0.1) is 5.39 Å². The minimum absolute atomic E-state index is 0.170. The molecular formula is C24H20N4O2. The van der Waals surface area contributed by atoms with Crippen LogP contribution in [-0.2, 0) is 4.79 Å². The highest BCUT2D eigenvalue weighted by atomic mass is 16.1. The van der Waals surface area contributed by atoms with Crippen molar-refractivity contribution in [1.82, 2.24) is 9.55 Å². The van der Waals surface area contributed by atoms with E-state index in [-0.39, 0.29) is 5.43 Å². The second kappa shape index (κ2) is 8.05. The zero-order valence-corrected chi connectivity index (χ0v) is 16.4. The van der Waals surface area contributed by atoms with Crippen LogP contribution in [0.4, 0.5) is 11.5 Å². The molecule has 4 rings (SSSR count). The van der Waals surface area contributed by atoms with Gasteiger partial charge in [0.25, 0.3) is 0 Å². The van der Waals surface area contributed by atoms with Crippen molar-refractivity contribution in [1.29, 1.82) is 0 Å². The average Bonchev–Trinajstić information content (AvgIpc) is 2.74. The maximum atomic E-state index is 13.0. The number of amides is 1. The zero-order valence-electron chi connectivity index (χ0n) is 16.4. The van der Waals surface area contributed by atoms with Gasteiger partial charge in [-0.3, -0.25) is 14.2 Å². The van der Waals surface area contributed by atoms with E-state index in [0.717, 1.165) is 11.4 Å². The molecule has 6 nitrogen and oxygen atoms in total. The van der Waals surface area contributed by atoms with Crippen LogP contribution in [0, 0.1) is 6.92 Å². The summed E-state index contributed by atoms with van der Waals surface area (Å²) in [5.41, 5.74) is 8.64. The number of fused-ring (bicyclic) bond motifs is 1. The molecule has 0 atom stereocenters. The van der Waals surface area contributed by atoms with E-state index in [1.54, 1.807) is 18.2 Å². The lowest BCUT2D eigenvalue weighted by Crippen LogP contribution is -2.14. The van der Waals surface area contributed by atoms with Crippen LogP contribution >= 0.6 is 0 Å². The predicted octanol–water partition coefficient (Wildman–Crippen LogP) is 3.94. The van der Waals surface area contributed by atoms with Crippen LogP contribution in [0.15, 0.2) is 83.7 Å². The molecule has 4 aromatic rings. The Balaban J connectivity index is 1.99. The lowest BCUT2D eigenvalue weighted by molar-refractivity contribution is -0.113. The Hall–Kier alpha value is -4.19. The quantitative estimate of drug-likeness (QED) is 0.500. The molecule has 6 heteroatoms. The van der Waals surface area contributed by atoms with Gasteiger partial charge in [0.2, 0.25) is 5.91 Å². The van der Waals surface area contributed by atoms with Crippen LogP contribution < -0.4 is 16.5 Å². The third-order valence-corrected chi connectivity index (χ3v) is 4.71. The summed E-state index contributed by atoms with van der Waals surface area (Å²) in [5.74, 6) is 0.0517. The first kappa shape index (κ1) is 19.1. The molecule has 0 aliphatic carbocycles. The molecule has 2 heterocycles. The average molecular weight is 396 g/mol. The fourth-order valence-corrected chi connectivity index (χ4v) is 3.28. The van der Waals surface area contributed by atoms with Gasteiger partial charge in [-0.05, 0) is 48.9 Å². The number of aryl methyl sites for hydroxylation is 1. The van der Waals surface area contributed by atoms with Crippen molar-refractivity contribution in [2.45, 2.75) is 6.92 Å². The normalized spacial score (nSPS) is 11.1. The Bertz CT molecular complexity index is 1310. The summed E-state index contributed by atoms with van der Waals surface area (Å²) >= 11 is 0. The third-order valence-electron chi connectivity index (χ3n) is 4.71. The molecule has 0 saturated carbocycles. The highest BCUT2D eigenvalue weighted by Gasteiger charge is 2.14. The largest absolute Gasteiger partial charge is 0.366 e. The number of benzene rings is 2. The predicted molar refractivity (Wildman–Crippen MR) is 120 cm³/mol. The van der Waals surface area contributed by atoms with Gasteiger partial charge in [0.1, 0.15) is 11.5 Å². The first-order chi connectivity index (χ1) is 14.5. The number of carbonyl (C=O) groups excluding carboxylic acids is 1. The highest BCUT2D eigenvalue weighted by molar-refractivity contribution is 5.91. The molecule has 30 heavy (non-hydrogen) atoms. The molecule has 0 fully saturated rings. The van der Waals surface area contributed by atoms with Gasteiger partial charge in [-0.15, -0.1) is 0 Å². The van der Waals surface area contributed by atoms with Crippen molar-refractivity contribution < 1.29 is 4.79 Å². The van der Waals surface area contributed by atoms with Crippen molar-refractivity contribution in [2.75, 3.05) is 5.32 Å². The fraction of sp³-hybridized carbons (Fsp3) is 0.0417. The van der Waals surface area contributed by atoms with Crippen LogP contribution in [0.3, 0.4) is 0 Å². The molecule has 1 amide bonds. The molecule has 0 spiro atoms. The summed E-state index contributed by atoms with van der Waals surface area (Å²) in [5, 5.41) is 3.78. The van der Waals surface area contributed by atoms with E-state index in [4.69, 9.17) is 10.7 Å². The van der Waals surface area contributed by atoms with E-state index in [2.05, 4.69) is 5.32 Å². The fourth-order valence-electron chi connectivity index (χ4n) is 3.28. The van der Waals surface area contributed by atoms with Gasteiger partial charge in [-0.25, -0.2) is 4.98 Å². The third kappa shape index (κ3) is 3.84. The maximum Gasteiger partial charge on any atom is 0.241 e. The number of nitrogens with two attached hydrogens (primary N) is 1. The van der Waals surface area contributed by atoms with Crippen molar-refractivity contribution in [3.8, 4) is 5.69 Å². The van der Waals surface area contributed by atoms with Crippen LogP contribution in [-0.4, -0.2) is 15.5 Å². The minimum atomic E-state index is -0.557. The van der Waals surface area contributed by atoms with Crippen LogP contribution in [0.25, 0.3) is 22.8 Å². The van der Waals surface area contributed by atoms with Gasteiger partial charge in [-0.1, -0.05) is 36.4 Å². The van der Waals surface area contributed by atoms with Crippen molar-refractivity contribution in [3.63, 3.8) is 0 Å². The van der Waals surface area contributed by atoms with Crippen LogP contribution in [0.1, 0.15) is 11.3 Å². The summed E-state index contributed by atoms with van der Waals surface area (Å²) in [6.45, 7) is 1.83. The number of hydrogen-bond acceptors (Lipinski definition) is 4. The summed E-state index contributed by atoms with van der Waals surface area (Å²) in [4.78, 5) is 28.8. The lowest BCUT2D eigenvalue weighted by atomic mass is 10.1. The van der Waals surface area contributed by atoms with E-state index < -0.39 is 5.91 Å². The minimum Gasteiger partial charge on any atom is -0.366 e. The molecule has 2 aromatic carbocycles. The molecular weight excluding hydrogens is 376 g/mol. The SMILES string of the molecule is Cc1nc2c(cc1/C=C/C(N)=O)c(=O)cc(Nc1ccccc1)n2-c1ccccc1. The van der Waals surface area contributed by atoms with E-state index >= 15 is 0 Å². The van der Waals surface area contributed by atoms with Crippen molar-refractivity contribution in [2.24, 2.45) is 5.73 Å².